The summed E-state index contributed by atoms with van der Waals surface area (Å²) in [6.45, 7) is 0. The predicted molar refractivity (Wildman–Crippen MR) is 58.2 cm³/mol. The highest BCUT2D eigenvalue weighted by Gasteiger charge is 2.00. The Morgan fingerprint density at radius 2 is 2.20 bits per heavy atom. The molecule has 1 N–H and O–H groups in total. The Labute approximate surface area is 89.0 Å². The van der Waals surface area contributed by atoms with Crippen LogP contribution in [0.5, 0.6) is 11.5 Å². The van der Waals surface area contributed by atoms with Crippen LogP contribution in [-0.2, 0) is 11.2 Å². The van der Waals surface area contributed by atoms with Gasteiger partial charge in [-0.1, -0.05) is 18.2 Å². The number of rotatable bonds is 5. The number of carbonyl (C=O) groups is 1. The Morgan fingerprint density at radius 1 is 1.40 bits per heavy atom. The molecule has 0 aromatic heterocycles. The van der Waals surface area contributed by atoms with Crippen molar-refractivity contribution in [3.63, 3.8) is 0 Å². The maximum absolute atomic E-state index is 10.1. The highest BCUT2D eigenvalue weighted by Crippen LogP contribution is 2.26. The second kappa shape index (κ2) is 5.86. The topological polar surface area (TPSA) is 46.5 Å². The lowest BCUT2D eigenvalue weighted by molar-refractivity contribution is -0.107. The second-order valence-corrected chi connectivity index (χ2v) is 3.08. The number of hydrogen-bond acceptors (Lipinski definition) is 3. The summed E-state index contributed by atoms with van der Waals surface area (Å²) >= 11 is 0. The van der Waals surface area contributed by atoms with Gasteiger partial charge in [0.2, 0.25) is 0 Å². The van der Waals surface area contributed by atoms with E-state index >= 15 is 0 Å². The van der Waals surface area contributed by atoms with Crippen LogP contribution in [0.3, 0.4) is 0 Å². The molecule has 0 spiro atoms. The quantitative estimate of drug-likeness (QED) is 0.592. The molecule has 0 aliphatic rings. The van der Waals surface area contributed by atoms with Gasteiger partial charge >= 0.3 is 0 Å². The van der Waals surface area contributed by atoms with Crippen LogP contribution in [0.15, 0.2) is 30.4 Å². The number of ether oxygens (including phenoxy) is 1. The minimum absolute atomic E-state index is 0.137. The van der Waals surface area contributed by atoms with Crippen LogP contribution < -0.4 is 4.74 Å². The first-order valence-corrected chi connectivity index (χ1v) is 4.72. The summed E-state index contributed by atoms with van der Waals surface area (Å²) in [6.07, 6.45) is 5.75. The van der Waals surface area contributed by atoms with E-state index in [2.05, 4.69) is 0 Å². The summed E-state index contributed by atoms with van der Waals surface area (Å²) in [6, 6.07) is 5.20. The van der Waals surface area contributed by atoms with Crippen molar-refractivity contribution in [2.24, 2.45) is 0 Å². The molecule has 1 aromatic carbocycles. The maximum atomic E-state index is 10.1. The molecule has 15 heavy (non-hydrogen) atoms. The van der Waals surface area contributed by atoms with E-state index in [0.717, 1.165) is 18.3 Å². The molecule has 3 heteroatoms. The van der Waals surface area contributed by atoms with E-state index in [0.29, 0.717) is 12.2 Å². The molecule has 0 saturated heterocycles. The lowest BCUT2D eigenvalue weighted by Gasteiger charge is -2.04. The van der Waals surface area contributed by atoms with Gasteiger partial charge < -0.3 is 14.6 Å². The number of hydrogen-bond donors (Lipinski definition) is 1. The minimum atomic E-state index is 0.137. The highest BCUT2D eigenvalue weighted by atomic mass is 16.5. The van der Waals surface area contributed by atoms with Crippen molar-refractivity contribution in [3.05, 3.63) is 35.9 Å². The van der Waals surface area contributed by atoms with Crippen LogP contribution in [0.2, 0.25) is 0 Å². The summed E-state index contributed by atoms with van der Waals surface area (Å²) in [5, 5.41) is 9.36. The van der Waals surface area contributed by atoms with Crippen molar-refractivity contribution >= 4 is 6.29 Å². The average molecular weight is 206 g/mol. The van der Waals surface area contributed by atoms with E-state index in [1.165, 1.54) is 7.11 Å². The Balaban J connectivity index is 2.65. The minimum Gasteiger partial charge on any atom is -0.504 e. The first kappa shape index (κ1) is 11.3. The lowest BCUT2D eigenvalue weighted by Crippen LogP contribution is -1.87. The molecule has 3 nitrogen and oxygen atoms in total. The van der Waals surface area contributed by atoms with Gasteiger partial charge in [-0.3, -0.25) is 0 Å². The van der Waals surface area contributed by atoms with Crippen LogP contribution in [0.25, 0.3) is 0 Å². The number of aromatic hydroxyl groups is 1. The Hall–Kier alpha value is -1.77. The van der Waals surface area contributed by atoms with Gasteiger partial charge in [-0.25, -0.2) is 0 Å². The molecule has 1 rings (SSSR count). The van der Waals surface area contributed by atoms with Crippen LogP contribution >= 0.6 is 0 Å². The molecule has 80 valence electrons. The third-order valence-electron chi connectivity index (χ3n) is 2.00. The smallest absolute Gasteiger partial charge is 0.160 e. The largest absolute Gasteiger partial charge is 0.504 e. The van der Waals surface area contributed by atoms with Crippen molar-refractivity contribution < 1.29 is 14.6 Å². The van der Waals surface area contributed by atoms with Crippen molar-refractivity contribution in [2.75, 3.05) is 7.11 Å². The van der Waals surface area contributed by atoms with Crippen molar-refractivity contribution in [1.82, 2.24) is 0 Å². The molecule has 0 heterocycles. The second-order valence-electron chi connectivity index (χ2n) is 3.08. The lowest BCUT2D eigenvalue weighted by atomic mass is 10.1. The number of phenols is 1. The molecule has 0 aliphatic heterocycles. The molecular weight excluding hydrogens is 192 g/mol. The fourth-order valence-corrected chi connectivity index (χ4v) is 1.22. The van der Waals surface area contributed by atoms with Crippen molar-refractivity contribution in [2.45, 2.75) is 12.8 Å². The zero-order valence-electron chi connectivity index (χ0n) is 8.64. The molecule has 0 fully saturated rings. The Bertz CT molecular complexity index is 356. The first-order chi connectivity index (χ1) is 7.27. The molecule has 0 radical (unpaired) electrons. The first-order valence-electron chi connectivity index (χ1n) is 4.72. The summed E-state index contributed by atoms with van der Waals surface area (Å²) in [7, 11) is 1.51. The van der Waals surface area contributed by atoms with Gasteiger partial charge in [-0.05, 0) is 24.1 Å². The van der Waals surface area contributed by atoms with Crippen LogP contribution in [0, 0.1) is 0 Å². The molecule has 0 atom stereocenters. The van der Waals surface area contributed by atoms with Crippen molar-refractivity contribution in [3.8, 4) is 11.5 Å². The molecule has 0 bridgehead atoms. The highest BCUT2D eigenvalue weighted by molar-refractivity contribution is 5.51. The van der Waals surface area contributed by atoms with E-state index in [1.807, 2.05) is 18.2 Å². The number of aldehydes is 1. The summed E-state index contributed by atoms with van der Waals surface area (Å²) in [4.78, 5) is 10.1. The van der Waals surface area contributed by atoms with E-state index in [4.69, 9.17) is 4.74 Å². The standard InChI is InChI=1S/C12H14O3/c1-15-12-9-10(6-7-11(12)14)5-3-2-4-8-13/h2-3,6-9,14H,4-5H2,1H3. The van der Waals surface area contributed by atoms with Crippen LogP contribution in [0.1, 0.15) is 12.0 Å². The number of allylic oxidation sites excluding steroid dienone is 2. The van der Waals surface area contributed by atoms with Gasteiger partial charge in [0.25, 0.3) is 0 Å². The van der Waals surface area contributed by atoms with Gasteiger partial charge in [0.1, 0.15) is 6.29 Å². The summed E-state index contributed by atoms with van der Waals surface area (Å²) in [5.74, 6) is 0.606. The zero-order valence-corrected chi connectivity index (χ0v) is 8.64. The zero-order chi connectivity index (χ0) is 11.1. The van der Waals surface area contributed by atoms with Gasteiger partial charge in [0.05, 0.1) is 7.11 Å². The molecule has 1 aromatic rings. The van der Waals surface area contributed by atoms with Gasteiger partial charge in [0.15, 0.2) is 11.5 Å². The van der Waals surface area contributed by atoms with E-state index < -0.39 is 0 Å². The number of benzene rings is 1. The van der Waals surface area contributed by atoms with Gasteiger partial charge in [0, 0.05) is 6.42 Å². The van der Waals surface area contributed by atoms with Gasteiger partial charge in [-0.15, -0.1) is 0 Å². The Morgan fingerprint density at radius 3 is 2.87 bits per heavy atom. The third kappa shape index (κ3) is 3.46. The number of carbonyl (C=O) groups excluding carboxylic acids is 1. The normalized spacial score (nSPS) is 10.5. The summed E-state index contributed by atoms with van der Waals surface area (Å²) in [5.41, 5.74) is 1.03. The predicted octanol–water partition coefficient (Wildman–Crippen LogP) is 2.09. The SMILES string of the molecule is COc1cc(CC=CCC=O)ccc1O. The molecule has 0 saturated carbocycles. The van der Waals surface area contributed by atoms with Crippen LogP contribution in [0.4, 0.5) is 0 Å². The molecule has 0 amide bonds. The number of methoxy groups -OCH3 is 1. The average Bonchev–Trinajstić information content (AvgIpc) is 2.26. The fourth-order valence-electron chi connectivity index (χ4n) is 1.22. The van der Waals surface area contributed by atoms with E-state index in [1.54, 1.807) is 12.1 Å². The monoisotopic (exact) mass is 206 g/mol. The Kier molecular flexibility index (Phi) is 4.41. The molecular formula is C12H14O3. The van der Waals surface area contributed by atoms with Crippen LogP contribution in [-0.4, -0.2) is 18.5 Å². The van der Waals surface area contributed by atoms with E-state index in [9.17, 15) is 9.90 Å². The molecule has 0 unspecified atom stereocenters. The third-order valence-corrected chi connectivity index (χ3v) is 2.00. The molecule has 0 aliphatic carbocycles. The summed E-state index contributed by atoms with van der Waals surface area (Å²) < 4.78 is 4.98. The van der Waals surface area contributed by atoms with E-state index in [-0.39, 0.29) is 5.75 Å². The number of phenolic OH excluding ortho intramolecular Hbond substituents is 1. The fraction of sp³-hybridized carbons (Fsp3) is 0.250. The van der Waals surface area contributed by atoms with Gasteiger partial charge in [-0.2, -0.15) is 0 Å². The maximum Gasteiger partial charge on any atom is 0.160 e. The van der Waals surface area contributed by atoms with Crippen molar-refractivity contribution in [1.29, 1.82) is 0 Å².